The summed E-state index contributed by atoms with van der Waals surface area (Å²) in [5.41, 5.74) is 1.78. The van der Waals surface area contributed by atoms with Gasteiger partial charge in [-0.1, -0.05) is 49.4 Å². The van der Waals surface area contributed by atoms with E-state index in [0.717, 1.165) is 29.9 Å². The van der Waals surface area contributed by atoms with Gasteiger partial charge in [-0.15, -0.1) is 0 Å². The summed E-state index contributed by atoms with van der Waals surface area (Å²) >= 11 is 0. The van der Waals surface area contributed by atoms with Gasteiger partial charge in [-0.3, -0.25) is 0 Å². The molecule has 2 heteroatoms. The maximum absolute atomic E-state index is 10.2. The highest BCUT2D eigenvalue weighted by molar-refractivity contribution is 5.33. The summed E-state index contributed by atoms with van der Waals surface area (Å²) in [4.78, 5) is 0. The zero-order valence-electron chi connectivity index (χ0n) is 10.5. The molecule has 18 heavy (non-hydrogen) atoms. The van der Waals surface area contributed by atoms with Crippen LogP contribution in [-0.4, -0.2) is 11.7 Å². The van der Waals surface area contributed by atoms with E-state index in [1.165, 1.54) is 0 Å². The van der Waals surface area contributed by atoms with Gasteiger partial charge in [0.15, 0.2) is 0 Å². The Bertz CT molecular complexity index is 462. The van der Waals surface area contributed by atoms with Gasteiger partial charge >= 0.3 is 0 Å². The van der Waals surface area contributed by atoms with Crippen LogP contribution in [-0.2, 0) is 0 Å². The van der Waals surface area contributed by atoms with Gasteiger partial charge in [-0.25, -0.2) is 0 Å². The lowest BCUT2D eigenvalue weighted by Gasteiger charge is -2.12. The summed E-state index contributed by atoms with van der Waals surface area (Å²) in [6.07, 6.45) is 0.417. The zero-order valence-corrected chi connectivity index (χ0v) is 10.5. The molecule has 2 aromatic carbocycles. The van der Waals surface area contributed by atoms with E-state index < -0.39 is 6.10 Å². The van der Waals surface area contributed by atoms with Crippen LogP contribution in [0.5, 0.6) is 5.75 Å². The van der Waals surface area contributed by atoms with Crippen LogP contribution in [0.15, 0.2) is 54.6 Å². The van der Waals surface area contributed by atoms with Crippen LogP contribution in [0.4, 0.5) is 0 Å². The maximum Gasteiger partial charge on any atom is 0.119 e. The van der Waals surface area contributed by atoms with Crippen molar-refractivity contribution in [3.8, 4) is 5.75 Å². The van der Waals surface area contributed by atoms with Gasteiger partial charge in [-0.05, 0) is 29.7 Å². The van der Waals surface area contributed by atoms with Crippen LogP contribution < -0.4 is 4.74 Å². The molecule has 0 bridgehead atoms. The molecule has 0 heterocycles. The molecule has 94 valence electrons. The molecule has 0 aliphatic carbocycles. The molecule has 0 fully saturated rings. The van der Waals surface area contributed by atoms with Gasteiger partial charge < -0.3 is 9.84 Å². The Kier molecular flexibility index (Phi) is 4.37. The third kappa shape index (κ3) is 3.11. The van der Waals surface area contributed by atoms with Crippen molar-refractivity contribution in [1.82, 2.24) is 0 Å². The zero-order chi connectivity index (χ0) is 12.8. The molecule has 2 aromatic rings. The molecular formula is C16H18O2. The number of rotatable bonds is 5. The fourth-order valence-electron chi connectivity index (χ4n) is 1.79. The molecule has 0 aromatic heterocycles. The first kappa shape index (κ1) is 12.7. The topological polar surface area (TPSA) is 29.5 Å². The van der Waals surface area contributed by atoms with Gasteiger partial charge in [0.25, 0.3) is 0 Å². The second-order valence-corrected chi connectivity index (χ2v) is 4.23. The standard InChI is InChI=1S/C16H18O2/c1-2-12-18-15-10-8-14(9-11-15)16(17)13-6-4-3-5-7-13/h3-11,16-17H,2,12H2,1H3. The monoisotopic (exact) mass is 242 g/mol. The molecule has 1 unspecified atom stereocenters. The van der Waals surface area contributed by atoms with E-state index in [9.17, 15) is 5.11 Å². The molecular weight excluding hydrogens is 224 g/mol. The predicted molar refractivity (Wildman–Crippen MR) is 72.7 cm³/mol. The summed E-state index contributed by atoms with van der Waals surface area (Å²) in [5, 5.41) is 10.2. The van der Waals surface area contributed by atoms with E-state index in [0.29, 0.717) is 0 Å². The summed E-state index contributed by atoms with van der Waals surface area (Å²) in [5.74, 6) is 0.848. The predicted octanol–water partition coefficient (Wildman–Crippen LogP) is 3.56. The minimum Gasteiger partial charge on any atom is -0.494 e. The van der Waals surface area contributed by atoms with E-state index in [2.05, 4.69) is 6.92 Å². The van der Waals surface area contributed by atoms with E-state index >= 15 is 0 Å². The fourth-order valence-corrected chi connectivity index (χ4v) is 1.79. The molecule has 1 N–H and O–H groups in total. The van der Waals surface area contributed by atoms with Crippen LogP contribution in [0.25, 0.3) is 0 Å². The van der Waals surface area contributed by atoms with Crippen LogP contribution in [0, 0.1) is 0 Å². The van der Waals surface area contributed by atoms with Crippen molar-refractivity contribution in [2.45, 2.75) is 19.4 Å². The average Bonchev–Trinajstić information content (AvgIpc) is 2.46. The number of aliphatic hydroxyl groups excluding tert-OH is 1. The minimum atomic E-state index is -0.577. The molecule has 0 saturated heterocycles. The largest absolute Gasteiger partial charge is 0.494 e. The Morgan fingerprint density at radius 3 is 2.17 bits per heavy atom. The molecule has 0 aliphatic rings. The molecule has 2 rings (SSSR count). The van der Waals surface area contributed by atoms with E-state index in [-0.39, 0.29) is 0 Å². The summed E-state index contributed by atoms with van der Waals surface area (Å²) in [6.45, 7) is 2.80. The van der Waals surface area contributed by atoms with Crippen molar-refractivity contribution in [3.05, 3.63) is 65.7 Å². The van der Waals surface area contributed by atoms with Gasteiger partial charge in [0.2, 0.25) is 0 Å². The molecule has 0 saturated carbocycles. The SMILES string of the molecule is CCCOc1ccc(C(O)c2ccccc2)cc1. The minimum absolute atomic E-state index is 0.577. The van der Waals surface area contributed by atoms with Crippen LogP contribution in [0.3, 0.4) is 0 Å². The van der Waals surface area contributed by atoms with Crippen molar-refractivity contribution in [2.24, 2.45) is 0 Å². The Morgan fingerprint density at radius 2 is 1.56 bits per heavy atom. The Hall–Kier alpha value is -1.80. The van der Waals surface area contributed by atoms with Gasteiger partial charge in [0.1, 0.15) is 11.9 Å². The summed E-state index contributed by atoms with van der Waals surface area (Å²) in [6, 6.07) is 17.3. The first-order valence-corrected chi connectivity index (χ1v) is 6.27. The van der Waals surface area contributed by atoms with Gasteiger partial charge in [-0.2, -0.15) is 0 Å². The highest BCUT2D eigenvalue weighted by Gasteiger charge is 2.09. The van der Waals surface area contributed by atoms with Crippen molar-refractivity contribution < 1.29 is 9.84 Å². The van der Waals surface area contributed by atoms with Gasteiger partial charge in [0.05, 0.1) is 6.61 Å². The Morgan fingerprint density at radius 1 is 0.944 bits per heavy atom. The first-order valence-electron chi connectivity index (χ1n) is 6.27. The van der Waals surface area contributed by atoms with Crippen LogP contribution in [0.2, 0.25) is 0 Å². The smallest absolute Gasteiger partial charge is 0.119 e. The quantitative estimate of drug-likeness (QED) is 0.868. The number of hydrogen-bond acceptors (Lipinski definition) is 2. The molecule has 0 radical (unpaired) electrons. The lowest BCUT2D eigenvalue weighted by Crippen LogP contribution is -2.00. The lowest BCUT2D eigenvalue weighted by atomic mass is 10.0. The van der Waals surface area contributed by atoms with Gasteiger partial charge in [0, 0.05) is 0 Å². The number of aliphatic hydroxyl groups is 1. The lowest BCUT2D eigenvalue weighted by molar-refractivity contribution is 0.220. The fraction of sp³-hybridized carbons (Fsp3) is 0.250. The normalized spacial score (nSPS) is 12.1. The highest BCUT2D eigenvalue weighted by Crippen LogP contribution is 2.23. The molecule has 1 atom stereocenters. The second kappa shape index (κ2) is 6.22. The molecule has 2 nitrogen and oxygen atoms in total. The van der Waals surface area contributed by atoms with E-state index in [1.54, 1.807) is 0 Å². The summed E-state index contributed by atoms with van der Waals surface area (Å²) in [7, 11) is 0. The average molecular weight is 242 g/mol. The molecule has 0 amide bonds. The number of benzene rings is 2. The van der Waals surface area contributed by atoms with E-state index in [4.69, 9.17) is 4.74 Å². The van der Waals surface area contributed by atoms with E-state index in [1.807, 2.05) is 54.6 Å². The van der Waals surface area contributed by atoms with Crippen molar-refractivity contribution >= 4 is 0 Å². The first-order chi connectivity index (χ1) is 8.81. The van der Waals surface area contributed by atoms with Crippen molar-refractivity contribution in [2.75, 3.05) is 6.61 Å². The second-order valence-electron chi connectivity index (χ2n) is 4.23. The molecule has 0 aliphatic heterocycles. The van der Waals surface area contributed by atoms with Crippen LogP contribution in [0.1, 0.15) is 30.6 Å². The van der Waals surface area contributed by atoms with Crippen molar-refractivity contribution in [3.63, 3.8) is 0 Å². The Balaban J connectivity index is 2.09. The maximum atomic E-state index is 10.2. The third-order valence-electron chi connectivity index (χ3n) is 2.78. The summed E-state index contributed by atoms with van der Waals surface area (Å²) < 4.78 is 5.51. The van der Waals surface area contributed by atoms with Crippen molar-refractivity contribution in [1.29, 1.82) is 0 Å². The number of hydrogen-bond donors (Lipinski definition) is 1. The van der Waals surface area contributed by atoms with Crippen LogP contribution >= 0.6 is 0 Å². The Labute approximate surface area is 108 Å². The number of ether oxygens (including phenoxy) is 1. The highest BCUT2D eigenvalue weighted by atomic mass is 16.5. The third-order valence-corrected chi connectivity index (χ3v) is 2.78. The molecule has 0 spiro atoms.